The van der Waals surface area contributed by atoms with Crippen molar-refractivity contribution in [1.82, 2.24) is 4.90 Å². The van der Waals surface area contributed by atoms with Gasteiger partial charge in [0.25, 0.3) is 0 Å². The standard InChI is InChI=1S/C12H21NO3/c1-12(2,8-14)11(15)16-10-7-13-5-3-9(10)4-6-13/h9-10,14H,3-8H2,1-2H3. The van der Waals surface area contributed by atoms with Gasteiger partial charge in [-0.15, -0.1) is 0 Å². The molecule has 92 valence electrons. The lowest BCUT2D eigenvalue weighted by atomic mass is 9.85. The van der Waals surface area contributed by atoms with Crippen molar-refractivity contribution < 1.29 is 14.6 Å². The Morgan fingerprint density at radius 1 is 1.44 bits per heavy atom. The lowest BCUT2D eigenvalue weighted by Crippen LogP contribution is -2.52. The largest absolute Gasteiger partial charge is 0.460 e. The van der Waals surface area contributed by atoms with Gasteiger partial charge in [-0.05, 0) is 45.7 Å². The molecule has 0 saturated carbocycles. The molecule has 1 N–H and O–H groups in total. The predicted octanol–water partition coefficient (Wildman–Crippen LogP) is 0.642. The second kappa shape index (κ2) is 4.34. The second-order valence-corrected chi connectivity index (χ2v) is 5.62. The zero-order valence-corrected chi connectivity index (χ0v) is 10.1. The van der Waals surface area contributed by atoms with Crippen LogP contribution in [0.5, 0.6) is 0 Å². The molecule has 0 aromatic carbocycles. The average molecular weight is 227 g/mol. The molecule has 2 bridgehead atoms. The smallest absolute Gasteiger partial charge is 0.314 e. The van der Waals surface area contributed by atoms with Crippen LogP contribution >= 0.6 is 0 Å². The number of piperidine rings is 3. The van der Waals surface area contributed by atoms with Crippen molar-refractivity contribution >= 4 is 5.97 Å². The van der Waals surface area contributed by atoms with Crippen molar-refractivity contribution in [2.24, 2.45) is 11.3 Å². The highest BCUT2D eigenvalue weighted by molar-refractivity contribution is 5.76. The SMILES string of the molecule is CC(C)(CO)C(=O)OC1CN2CCC1CC2. The third-order valence-electron chi connectivity index (χ3n) is 3.80. The second-order valence-electron chi connectivity index (χ2n) is 5.62. The quantitative estimate of drug-likeness (QED) is 0.719. The fourth-order valence-corrected chi connectivity index (χ4v) is 2.41. The van der Waals surface area contributed by atoms with Gasteiger partial charge >= 0.3 is 5.97 Å². The molecule has 16 heavy (non-hydrogen) atoms. The van der Waals surface area contributed by atoms with Crippen LogP contribution in [-0.2, 0) is 9.53 Å². The number of nitrogens with zero attached hydrogens (tertiary/aromatic N) is 1. The van der Waals surface area contributed by atoms with E-state index in [1.165, 1.54) is 0 Å². The van der Waals surface area contributed by atoms with Gasteiger partial charge in [0.05, 0.1) is 12.0 Å². The number of aliphatic hydroxyl groups excluding tert-OH is 1. The molecule has 3 heterocycles. The van der Waals surface area contributed by atoms with Crippen molar-refractivity contribution in [2.75, 3.05) is 26.2 Å². The third-order valence-corrected chi connectivity index (χ3v) is 3.80. The first-order chi connectivity index (χ1) is 7.53. The molecule has 3 saturated heterocycles. The van der Waals surface area contributed by atoms with Crippen molar-refractivity contribution in [1.29, 1.82) is 0 Å². The highest BCUT2D eigenvalue weighted by atomic mass is 16.5. The normalized spacial score (nSPS) is 33.8. The van der Waals surface area contributed by atoms with E-state index in [4.69, 9.17) is 9.84 Å². The first-order valence-electron chi connectivity index (χ1n) is 6.07. The molecule has 4 heteroatoms. The Morgan fingerprint density at radius 2 is 2.06 bits per heavy atom. The van der Waals surface area contributed by atoms with Gasteiger partial charge in [0.15, 0.2) is 0 Å². The Labute approximate surface area is 96.6 Å². The van der Waals surface area contributed by atoms with Gasteiger partial charge in [-0.2, -0.15) is 0 Å². The molecule has 0 spiro atoms. The number of esters is 1. The molecule has 1 atom stereocenters. The van der Waals surface area contributed by atoms with Crippen LogP contribution in [0.25, 0.3) is 0 Å². The lowest BCUT2D eigenvalue weighted by Gasteiger charge is -2.44. The number of rotatable bonds is 3. The van der Waals surface area contributed by atoms with Crippen LogP contribution in [0.15, 0.2) is 0 Å². The van der Waals surface area contributed by atoms with E-state index in [1.54, 1.807) is 13.8 Å². The number of hydrogen-bond donors (Lipinski definition) is 1. The zero-order valence-electron chi connectivity index (χ0n) is 10.1. The number of carbonyl (C=O) groups is 1. The van der Waals surface area contributed by atoms with Crippen LogP contribution < -0.4 is 0 Å². The van der Waals surface area contributed by atoms with E-state index in [0.717, 1.165) is 32.5 Å². The van der Waals surface area contributed by atoms with Crippen molar-refractivity contribution in [3.8, 4) is 0 Å². The topological polar surface area (TPSA) is 49.8 Å². The minimum Gasteiger partial charge on any atom is -0.460 e. The third kappa shape index (κ3) is 2.23. The molecule has 4 nitrogen and oxygen atoms in total. The van der Waals surface area contributed by atoms with Crippen LogP contribution in [0.3, 0.4) is 0 Å². The Hall–Kier alpha value is -0.610. The van der Waals surface area contributed by atoms with Crippen LogP contribution in [0.2, 0.25) is 0 Å². The van der Waals surface area contributed by atoms with E-state index in [2.05, 4.69) is 4.90 Å². The van der Waals surface area contributed by atoms with E-state index in [-0.39, 0.29) is 18.7 Å². The van der Waals surface area contributed by atoms with Crippen LogP contribution in [-0.4, -0.2) is 48.3 Å². The zero-order chi connectivity index (χ0) is 11.8. The summed E-state index contributed by atoms with van der Waals surface area (Å²) >= 11 is 0. The molecule has 0 aromatic rings. The Kier molecular flexibility index (Phi) is 3.22. The van der Waals surface area contributed by atoms with Gasteiger partial charge in [-0.1, -0.05) is 0 Å². The molecule has 0 aliphatic carbocycles. The van der Waals surface area contributed by atoms with Gasteiger partial charge in [-0.25, -0.2) is 0 Å². The average Bonchev–Trinajstić information content (AvgIpc) is 2.30. The molecule has 3 aliphatic heterocycles. The molecule has 0 amide bonds. The van der Waals surface area contributed by atoms with Gasteiger partial charge in [-0.3, -0.25) is 9.69 Å². The monoisotopic (exact) mass is 227 g/mol. The molecule has 3 fully saturated rings. The van der Waals surface area contributed by atoms with Crippen LogP contribution in [0.4, 0.5) is 0 Å². The summed E-state index contributed by atoms with van der Waals surface area (Å²) in [5, 5.41) is 9.11. The Bertz CT molecular complexity index is 269. The molecule has 1 unspecified atom stereocenters. The molecular formula is C12H21NO3. The number of carbonyl (C=O) groups excluding carboxylic acids is 1. The van der Waals surface area contributed by atoms with E-state index >= 15 is 0 Å². The summed E-state index contributed by atoms with van der Waals surface area (Å²) in [7, 11) is 0. The highest BCUT2D eigenvalue weighted by Crippen LogP contribution is 2.31. The maximum atomic E-state index is 11.8. The van der Waals surface area contributed by atoms with Gasteiger partial charge < -0.3 is 9.84 Å². The summed E-state index contributed by atoms with van der Waals surface area (Å²) in [6, 6.07) is 0. The van der Waals surface area contributed by atoms with E-state index in [0.29, 0.717) is 5.92 Å². The predicted molar refractivity (Wildman–Crippen MR) is 59.9 cm³/mol. The molecule has 3 aliphatic rings. The molecule has 0 aromatic heterocycles. The van der Waals surface area contributed by atoms with Crippen molar-refractivity contribution in [3.63, 3.8) is 0 Å². The lowest BCUT2D eigenvalue weighted by molar-refractivity contribution is -0.171. The van der Waals surface area contributed by atoms with E-state index in [1.807, 2.05) is 0 Å². The maximum Gasteiger partial charge on any atom is 0.314 e. The van der Waals surface area contributed by atoms with E-state index < -0.39 is 5.41 Å². The number of ether oxygens (including phenoxy) is 1. The maximum absolute atomic E-state index is 11.8. The summed E-state index contributed by atoms with van der Waals surface area (Å²) < 4.78 is 5.54. The first kappa shape index (κ1) is 11.9. The summed E-state index contributed by atoms with van der Waals surface area (Å²) in [6.07, 6.45) is 2.32. The Morgan fingerprint density at radius 3 is 2.50 bits per heavy atom. The van der Waals surface area contributed by atoms with Crippen molar-refractivity contribution in [2.45, 2.75) is 32.8 Å². The molecule has 0 radical (unpaired) electrons. The first-order valence-corrected chi connectivity index (χ1v) is 6.07. The van der Waals surface area contributed by atoms with Gasteiger partial charge in [0.1, 0.15) is 6.10 Å². The van der Waals surface area contributed by atoms with Crippen molar-refractivity contribution in [3.05, 3.63) is 0 Å². The summed E-state index contributed by atoms with van der Waals surface area (Å²) in [4.78, 5) is 14.2. The molecule has 3 rings (SSSR count). The summed E-state index contributed by atoms with van der Waals surface area (Å²) in [5.74, 6) is 0.261. The summed E-state index contributed by atoms with van der Waals surface area (Å²) in [5.41, 5.74) is -0.772. The van der Waals surface area contributed by atoms with Crippen LogP contribution in [0.1, 0.15) is 26.7 Å². The Balaban J connectivity index is 1.93. The highest BCUT2D eigenvalue weighted by Gasteiger charge is 2.39. The molecular weight excluding hydrogens is 206 g/mol. The van der Waals surface area contributed by atoms with Crippen LogP contribution in [0, 0.1) is 11.3 Å². The van der Waals surface area contributed by atoms with Gasteiger partial charge in [0.2, 0.25) is 0 Å². The van der Waals surface area contributed by atoms with Gasteiger partial charge in [0, 0.05) is 6.54 Å². The fourth-order valence-electron chi connectivity index (χ4n) is 2.41. The minimum absolute atomic E-state index is 0.0424. The fraction of sp³-hybridized carbons (Fsp3) is 0.917. The van der Waals surface area contributed by atoms with E-state index in [9.17, 15) is 4.79 Å². The summed E-state index contributed by atoms with van der Waals surface area (Å²) in [6.45, 7) is 6.43. The number of aliphatic hydroxyl groups is 1. The minimum atomic E-state index is -0.772. The number of fused-ring (bicyclic) bond motifs is 3. The number of hydrogen-bond acceptors (Lipinski definition) is 4.